The number of nitrogens with one attached hydrogen (secondary N) is 3. The fourth-order valence-electron chi connectivity index (χ4n) is 3.80. The molecule has 0 radical (unpaired) electrons. The van der Waals surface area contributed by atoms with E-state index in [1.807, 2.05) is 36.4 Å². The summed E-state index contributed by atoms with van der Waals surface area (Å²) in [6, 6.07) is 11.9. The minimum Gasteiger partial charge on any atom is -0.397 e. The smallest absolute Gasteiger partial charge is 0.201 e. The topological polar surface area (TPSA) is 78.8 Å². The molecule has 27 heavy (non-hydrogen) atoms. The standard InChI is InChI=1S/C20H23Cl2N5/c21-14-5-4-12(10-15(14)22)11-18(13-6-8-24-9-7-13)26-20-25-17-3-1-2-16(23)19(17)27-20/h1-5,10,13,18,24H,6-9,11,23H2,(H2,25,26,27). The number of aromatic amines is 1. The third-order valence-corrected chi connectivity index (χ3v) is 6.00. The van der Waals surface area contributed by atoms with Crippen LogP contribution < -0.4 is 16.4 Å². The number of anilines is 2. The Morgan fingerprint density at radius 2 is 1.96 bits per heavy atom. The summed E-state index contributed by atoms with van der Waals surface area (Å²) >= 11 is 12.3. The summed E-state index contributed by atoms with van der Waals surface area (Å²) in [5.74, 6) is 1.30. The van der Waals surface area contributed by atoms with Crippen molar-refractivity contribution in [1.29, 1.82) is 0 Å². The van der Waals surface area contributed by atoms with E-state index in [9.17, 15) is 0 Å². The molecule has 1 saturated heterocycles. The predicted molar refractivity (Wildman–Crippen MR) is 114 cm³/mol. The molecule has 1 aliphatic heterocycles. The van der Waals surface area contributed by atoms with Crippen LogP contribution in [0.5, 0.6) is 0 Å². The summed E-state index contributed by atoms with van der Waals surface area (Å²) in [5, 5.41) is 8.23. The van der Waals surface area contributed by atoms with Crippen LogP contribution in [0, 0.1) is 5.92 Å². The molecule has 3 aromatic rings. The van der Waals surface area contributed by atoms with E-state index in [1.165, 1.54) is 0 Å². The monoisotopic (exact) mass is 403 g/mol. The summed E-state index contributed by atoms with van der Waals surface area (Å²) in [6.45, 7) is 2.08. The molecular weight excluding hydrogens is 381 g/mol. The molecule has 7 heteroatoms. The van der Waals surface area contributed by atoms with Crippen LogP contribution in [0.25, 0.3) is 11.0 Å². The number of para-hydroxylation sites is 1. The molecule has 1 atom stereocenters. The second kappa shape index (κ2) is 7.97. The first kappa shape index (κ1) is 18.4. The number of imidazole rings is 1. The Labute approximate surface area is 168 Å². The first-order valence-electron chi connectivity index (χ1n) is 9.25. The van der Waals surface area contributed by atoms with Crippen LogP contribution in [0.2, 0.25) is 10.0 Å². The number of hydrogen-bond donors (Lipinski definition) is 4. The fourth-order valence-corrected chi connectivity index (χ4v) is 4.12. The zero-order valence-corrected chi connectivity index (χ0v) is 16.4. The number of hydrogen-bond acceptors (Lipinski definition) is 4. The lowest BCUT2D eigenvalue weighted by Crippen LogP contribution is -2.39. The Kier molecular flexibility index (Phi) is 5.43. The van der Waals surface area contributed by atoms with Gasteiger partial charge in [0.25, 0.3) is 0 Å². The highest BCUT2D eigenvalue weighted by atomic mass is 35.5. The maximum Gasteiger partial charge on any atom is 0.201 e. The molecule has 1 fully saturated rings. The molecule has 4 rings (SSSR count). The quantitative estimate of drug-likeness (QED) is 0.473. The molecule has 1 unspecified atom stereocenters. The van der Waals surface area contributed by atoms with E-state index in [4.69, 9.17) is 28.9 Å². The normalized spacial score (nSPS) is 16.5. The van der Waals surface area contributed by atoms with Gasteiger partial charge in [-0.25, -0.2) is 4.98 Å². The number of rotatable bonds is 5. The van der Waals surface area contributed by atoms with Gasteiger partial charge in [0.1, 0.15) is 5.52 Å². The lowest BCUT2D eigenvalue weighted by molar-refractivity contribution is 0.329. The molecule has 142 valence electrons. The molecule has 0 amide bonds. The zero-order chi connectivity index (χ0) is 18.8. The number of nitrogen functional groups attached to an aromatic ring is 1. The van der Waals surface area contributed by atoms with Crippen molar-refractivity contribution in [3.8, 4) is 0 Å². The minimum atomic E-state index is 0.242. The summed E-state index contributed by atoms with van der Waals surface area (Å²) in [5.41, 5.74) is 9.64. The number of fused-ring (bicyclic) bond motifs is 1. The van der Waals surface area contributed by atoms with Crippen molar-refractivity contribution >= 4 is 45.9 Å². The van der Waals surface area contributed by atoms with Crippen molar-refractivity contribution in [2.24, 2.45) is 5.92 Å². The Hall–Kier alpha value is -1.95. The largest absolute Gasteiger partial charge is 0.397 e. The van der Waals surface area contributed by atoms with Crippen molar-refractivity contribution in [1.82, 2.24) is 15.3 Å². The van der Waals surface area contributed by atoms with Gasteiger partial charge in [-0.05, 0) is 68.1 Å². The Balaban J connectivity index is 1.60. The summed E-state index contributed by atoms with van der Waals surface area (Å²) in [6.07, 6.45) is 3.11. The second-order valence-electron chi connectivity index (χ2n) is 7.12. The SMILES string of the molecule is Nc1cccc2[nH]c(NC(Cc3ccc(Cl)c(Cl)c3)C3CCNCC3)nc12. The number of H-pyrrole nitrogens is 1. The summed E-state index contributed by atoms with van der Waals surface area (Å²) in [4.78, 5) is 8.01. The number of nitrogens with zero attached hydrogens (tertiary/aromatic N) is 1. The van der Waals surface area contributed by atoms with Crippen molar-refractivity contribution < 1.29 is 0 Å². The van der Waals surface area contributed by atoms with Crippen molar-refractivity contribution in [2.45, 2.75) is 25.3 Å². The van der Waals surface area contributed by atoms with Crippen LogP contribution in [-0.4, -0.2) is 29.1 Å². The molecule has 1 aliphatic rings. The lowest BCUT2D eigenvalue weighted by Gasteiger charge is -2.31. The summed E-state index contributed by atoms with van der Waals surface area (Å²) < 4.78 is 0. The third kappa shape index (κ3) is 4.15. The van der Waals surface area contributed by atoms with Gasteiger partial charge in [0.2, 0.25) is 5.95 Å². The van der Waals surface area contributed by atoms with Crippen LogP contribution in [0.3, 0.4) is 0 Å². The number of nitrogens with two attached hydrogens (primary N) is 1. The van der Waals surface area contributed by atoms with Gasteiger partial charge in [0, 0.05) is 6.04 Å². The van der Waals surface area contributed by atoms with E-state index in [2.05, 4.69) is 20.6 Å². The molecule has 5 nitrogen and oxygen atoms in total. The van der Waals surface area contributed by atoms with Crippen molar-refractivity contribution in [3.05, 3.63) is 52.0 Å². The van der Waals surface area contributed by atoms with Gasteiger partial charge in [-0.1, -0.05) is 35.3 Å². The van der Waals surface area contributed by atoms with Gasteiger partial charge in [-0.3, -0.25) is 0 Å². The maximum atomic E-state index is 6.22. The number of piperidine rings is 1. The van der Waals surface area contributed by atoms with Crippen molar-refractivity contribution in [2.75, 3.05) is 24.1 Å². The average molecular weight is 404 g/mol. The van der Waals surface area contributed by atoms with Crippen LogP contribution in [-0.2, 0) is 6.42 Å². The molecule has 0 spiro atoms. The highest BCUT2D eigenvalue weighted by Gasteiger charge is 2.25. The number of aromatic nitrogens is 2. The maximum absolute atomic E-state index is 6.22. The van der Waals surface area contributed by atoms with Crippen molar-refractivity contribution in [3.63, 3.8) is 0 Å². The van der Waals surface area contributed by atoms with Gasteiger partial charge in [-0.2, -0.15) is 0 Å². The summed E-state index contributed by atoms with van der Waals surface area (Å²) in [7, 11) is 0. The first-order valence-corrected chi connectivity index (χ1v) is 10.0. The van der Waals surface area contributed by atoms with Gasteiger partial charge in [0.15, 0.2) is 0 Å². The molecule has 1 aromatic heterocycles. The van der Waals surface area contributed by atoms with Crippen LogP contribution >= 0.6 is 23.2 Å². The number of halogens is 2. The second-order valence-corrected chi connectivity index (χ2v) is 7.93. The molecule has 0 bridgehead atoms. The predicted octanol–water partition coefficient (Wildman–Crippen LogP) is 4.47. The first-order chi connectivity index (χ1) is 13.1. The molecule has 0 saturated carbocycles. The Bertz CT molecular complexity index is 933. The third-order valence-electron chi connectivity index (χ3n) is 5.26. The molecule has 2 aromatic carbocycles. The molecule has 0 aliphatic carbocycles. The lowest BCUT2D eigenvalue weighted by atomic mass is 9.86. The van der Waals surface area contributed by atoms with E-state index in [0.717, 1.165) is 54.9 Å². The molecular formula is C20H23Cl2N5. The Morgan fingerprint density at radius 1 is 1.15 bits per heavy atom. The minimum absolute atomic E-state index is 0.242. The van der Waals surface area contributed by atoms with E-state index in [1.54, 1.807) is 0 Å². The van der Waals surface area contributed by atoms with E-state index in [-0.39, 0.29) is 6.04 Å². The molecule has 5 N–H and O–H groups in total. The van der Waals surface area contributed by atoms with Crippen LogP contribution in [0.1, 0.15) is 18.4 Å². The van der Waals surface area contributed by atoms with Gasteiger partial charge in [-0.15, -0.1) is 0 Å². The van der Waals surface area contributed by atoms with Crippen LogP contribution in [0.15, 0.2) is 36.4 Å². The van der Waals surface area contributed by atoms with Gasteiger partial charge < -0.3 is 21.4 Å². The highest BCUT2D eigenvalue weighted by Crippen LogP contribution is 2.28. The number of benzene rings is 2. The highest BCUT2D eigenvalue weighted by molar-refractivity contribution is 6.42. The fraction of sp³-hybridized carbons (Fsp3) is 0.350. The molecule has 2 heterocycles. The van der Waals surface area contributed by atoms with Gasteiger partial charge in [0.05, 0.1) is 21.2 Å². The zero-order valence-electron chi connectivity index (χ0n) is 14.9. The van der Waals surface area contributed by atoms with Crippen LogP contribution in [0.4, 0.5) is 11.6 Å². The van der Waals surface area contributed by atoms with E-state index in [0.29, 0.717) is 21.7 Å². The Morgan fingerprint density at radius 3 is 2.70 bits per heavy atom. The average Bonchev–Trinajstić information content (AvgIpc) is 3.09. The van der Waals surface area contributed by atoms with Gasteiger partial charge >= 0.3 is 0 Å². The van der Waals surface area contributed by atoms with E-state index < -0.39 is 0 Å². The van der Waals surface area contributed by atoms with E-state index >= 15 is 0 Å².